The first kappa shape index (κ1) is 14.9. The minimum Gasteiger partial charge on any atom is -0.399 e. The second kappa shape index (κ2) is 6.29. The minimum absolute atomic E-state index is 0.162. The Bertz CT molecular complexity index is 468. The monoisotopic (exact) mass is 274 g/mol. The highest BCUT2D eigenvalue weighted by Gasteiger charge is 2.28. The summed E-state index contributed by atoms with van der Waals surface area (Å²) in [4.78, 5) is 12.0. The number of anilines is 1. The van der Waals surface area contributed by atoms with E-state index in [0.717, 1.165) is 30.5 Å². The van der Waals surface area contributed by atoms with Gasteiger partial charge in [-0.1, -0.05) is 32.4 Å². The van der Waals surface area contributed by atoms with Gasteiger partial charge < -0.3 is 11.1 Å². The summed E-state index contributed by atoms with van der Waals surface area (Å²) < 4.78 is 0. The molecule has 0 radical (unpaired) electrons. The molecule has 1 saturated carbocycles. The summed E-state index contributed by atoms with van der Waals surface area (Å²) in [6, 6.07) is 8.12. The summed E-state index contributed by atoms with van der Waals surface area (Å²) in [5.74, 6) is 0.162. The Morgan fingerprint density at radius 1 is 1.45 bits per heavy atom. The van der Waals surface area contributed by atoms with E-state index in [-0.39, 0.29) is 5.91 Å². The number of nitrogens with one attached hydrogen (secondary N) is 1. The van der Waals surface area contributed by atoms with E-state index in [9.17, 15) is 4.79 Å². The maximum absolute atomic E-state index is 12.0. The molecule has 1 aliphatic carbocycles. The van der Waals surface area contributed by atoms with Crippen molar-refractivity contribution in [3.63, 3.8) is 0 Å². The molecule has 1 aliphatic rings. The van der Waals surface area contributed by atoms with Crippen LogP contribution in [0.4, 0.5) is 5.69 Å². The van der Waals surface area contributed by atoms with Crippen molar-refractivity contribution in [3.8, 4) is 0 Å². The number of nitrogen functional groups attached to an aromatic ring is 1. The average Bonchev–Trinajstić information content (AvgIpc) is 2.35. The molecule has 1 aromatic carbocycles. The smallest absolute Gasteiger partial charge is 0.220 e. The molecule has 1 aromatic rings. The van der Waals surface area contributed by atoms with Crippen molar-refractivity contribution in [3.05, 3.63) is 29.8 Å². The van der Waals surface area contributed by atoms with Crippen LogP contribution in [0.3, 0.4) is 0 Å². The van der Waals surface area contributed by atoms with Gasteiger partial charge in [0.25, 0.3) is 0 Å². The van der Waals surface area contributed by atoms with Crippen LogP contribution in [0.5, 0.6) is 0 Å². The molecule has 1 unspecified atom stereocenters. The summed E-state index contributed by atoms with van der Waals surface area (Å²) in [5.41, 5.74) is 8.00. The first-order valence-corrected chi connectivity index (χ1v) is 7.58. The Morgan fingerprint density at radius 3 is 2.95 bits per heavy atom. The van der Waals surface area contributed by atoms with Gasteiger partial charge in [0.05, 0.1) is 0 Å². The predicted molar refractivity (Wildman–Crippen MR) is 83.4 cm³/mol. The third-order valence-electron chi connectivity index (χ3n) is 4.16. The highest BCUT2D eigenvalue weighted by molar-refractivity contribution is 5.76. The summed E-state index contributed by atoms with van der Waals surface area (Å²) in [5, 5.41) is 3.19. The molecule has 20 heavy (non-hydrogen) atoms. The lowest BCUT2D eigenvalue weighted by Gasteiger charge is -2.35. The number of carbonyl (C=O) groups excluding carboxylic acids is 1. The van der Waals surface area contributed by atoms with Crippen molar-refractivity contribution >= 4 is 11.6 Å². The van der Waals surface area contributed by atoms with E-state index in [2.05, 4.69) is 19.2 Å². The molecule has 1 amide bonds. The van der Waals surface area contributed by atoms with E-state index < -0.39 is 0 Å². The fourth-order valence-electron chi connectivity index (χ4n) is 3.13. The Hall–Kier alpha value is -1.51. The van der Waals surface area contributed by atoms with Crippen LogP contribution in [0.2, 0.25) is 0 Å². The van der Waals surface area contributed by atoms with Crippen LogP contribution >= 0.6 is 0 Å². The third kappa shape index (κ3) is 4.55. The second-order valence-electron chi connectivity index (χ2n) is 6.77. The zero-order valence-corrected chi connectivity index (χ0v) is 12.6. The first-order chi connectivity index (χ1) is 9.44. The van der Waals surface area contributed by atoms with Gasteiger partial charge in [-0.2, -0.15) is 0 Å². The van der Waals surface area contributed by atoms with E-state index in [1.165, 1.54) is 12.8 Å². The Morgan fingerprint density at radius 2 is 2.25 bits per heavy atom. The molecular weight excluding hydrogens is 248 g/mol. The average molecular weight is 274 g/mol. The molecular formula is C17H26N2O. The van der Waals surface area contributed by atoms with Crippen LogP contribution < -0.4 is 11.1 Å². The maximum Gasteiger partial charge on any atom is 0.220 e. The lowest BCUT2D eigenvalue weighted by atomic mass is 9.75. The lowest BCUT2D eigenvalue weighted by molar-refractivity contribution is -0.122. The standard InChI is InChI=1S/C17H26N2O/c1-17(2)10-4-7-15(12-17)19-16(20)9-8-13-5-3-6-14(18)11-13/h3,5-6,11,15H,4,7-10,12,18H2,1-2H3,(H,19,20). The molecule has 1 atom stereocenters. The summed E-state index contributed by atoms with van der Waals surface area (Å²) >= 11 is 0. The highest BCUT2D eigenvalue weighted by Crippen LogP contribution is 2.35. The number of hydrogen-bond acceptors (Lipinski definition) is 2. The topological polar surface area (TPSA) is 55.1 Å². The molecule has 3 heteroatoms. The van der Waals surface area contributed by atoms with Crippen molar-refractivity contribution in [1.82, 2.24) is 5.32 Å². The predicted octanol–water partition coefficient (Wildman–Crippen LogP) is 3.29. The fourth-order valence-corrected chi connectivity index (χ4v) is 3.13. The van der Waals surface area contributed by atoms with Crippen molar-refractivity contribution in [2.75, 3.05) is 5.73 Å². The molecule has 3 N–H and O–H groups in total. The summed E-state index contributed by atoms with van der Waals surface area (Å²) in [6.07, 6.45) is 5.99. The molecule has 0 heterocycles. The van der Waals surface area contributed by atoms with E-state index >= 15 is 0 Å². The lowest BCUT2D eigenvalue weighted by Crippen LogP contribution is -2.40. The van der Waals surface area contributed by atoms with Gasteiger partial charge in [-0.15, -0.1) is 0 Å². The van der Waals surface area contributed by atoms with Gasteiger partial charge in [-0.05, 0) is 48.8 Å². The van der Waals surface area contributed by atoms with Crippen LogP contribution in [0, 0.1) is 5.41 Å². The number of hydrogen-bond donors (Lipinski definition) is 2. The summed E-state index contributed by atoms with van der Waals surface area (Å²) in [7, 11) is 0. The van der Waals surface area contributed by atoms with Gasteiger partial charge >= 0.3 is 0 Å². The number of nitrogens with two attached hydrogens (primary N) is 1. The first-order valence-electron chi connectivity index (χ1n) is 7.58. The fraction of sp³-hybridized carbons (Fsp3) is 0.588. The number of aryl methyl sites for hydroxylation is 1. The van der Waals surface area contributed by atoms with E-state index in [0.29, 0.717) is 17.9 Å². The van der Waals surface area contributed by atoms with Crippen molar-refractivity contribution < 1.29 is 4.79 Å². The minimum atomic E-state index is 0.162. The molecule has 0 aliphatic heterocycles. The SMILES string of the molecule is CC1(C)CCCC(NC(=O)CCc2cccc(N)c2)C1. The van der Waals surface area contributed by atoms with Gasteiger partial charge in [0, 0.05) is 18.2 Å². The van der Waals surface area contributed by atoms with Gasteiger partial charge in [0.15, 0.2) is 0 Å². The van der Waals surface area contributed by atoms with E-state index in [4.69, 9.17) is 5.73 Å². The molecule has 110 valence electrons. The Balaban J connectivity index is 1.78. The molecule has 2 rings (SSSR count). The van der Waals surface area contributed by atoms with Crippen molar-refractivity contribution in [2.45, 2.75) is 58.4 Å². The van der Waals surface area contributed by atoms with Crippen LogP contribution in [0.25, 0.3) is 0 Å². The number of rotatable bonds is 4. The number of amides is 1. The summed E-state index contributed by atoms with van der Waals surface area (Å²) in [6.45, 7) is 4.58. The van der Waals surface area contributed by atoms with Gasteiger partial charge in [0.2, 0.25) is 5.91 Å². The molecule has 0 aromatic heterocycles. The molecule has 0 bridgehead atoms. The van der Waals surface area contributed by atoms with Crippen LogP contribution in [0.15, 0.2) is 24.3 Å². The highest BCUT2D eigenvalue weighted by atomic mass is 16.1. The van der Waals surface area contributed by atoms with Gasteiger partial charge in [0.1, 0.15) is 0 Å². The van der Waals surface area contributed by atoms with Crippen molar-refractivity contribution in [1.29, 1.82) is 0 Å². The maximum atomic E-state index is 12.0. The molecule has 1 fully saturated rings. The van der Waals surface area contributed by atoms with Crippen LogP contribution in [0.1, 0.15) is 51.5 Å². The number of carbonyl (C=O) groups is 1. The molecule has 0 spiro atoms. The van der Waals surface area contributed by atoms with Gasteiger partial charge in [-0.25, -0.2) is 0 Å². The van der Waals surface area contributed by atoms with E-state index in [1.54, 1.807) is 0 Å². The second-order valence-corrected chi connectivity index (χ2v) is 6.77. The normalized spacial score (nSPS) is 21.4. The third-order valence-corrected chi connectivity index (χ3v) is 4.16. The zero-order chi connectivity index (χ0) is 14.6. The van der Waals surface area contributed by atoms with Gasteiger partial charge in [-0.3, -0.25) is 4.79 Å². The number of benzene rings is 1. The van der Waals surface area contributed by atoms with Crippen molar-refractivity contribution in [2.24, 2.45) is 5.41 Å². The molecule has 0 saturated heterocycles. The quantitative estimate of drug-likeness (QED) is 0.828. The Labute approximate surface area is 121 Å². The largest absolute Gasteiger partial charge is 0.399 e. The molecule has 3 nitrogen and oxygen atoms in total. The van der Waals surface area contributed by atoms with Crippen LogP contribution in [-0.2, 0) is 11.2 Å². The zero-order valence-electron chi connectivity index (χ0n) is 12.6. The van der Waals surface area contributed by atoms with E-state index in [1.807, 2.05) is 24.3 Å². The van der Waals surface area contributed by atoms with Crippen LogP contribution in [-0.4, -0.2) is 11.9 Å². The Kier molecular flexibility index (Phi) is 4.69.